The summed E-state index contributed by atoms with van der Waals surface area (Å²) in [5, 5.41) is 0. The molecule has 0 spiro atoms. The van der Waals surface area contributed by atoms with E-state index in [1.807, 2.05) is 0 Å². The topological polar surface area (TPSA) is 21.6 Å². The van der Waals surface area contributed by atoms with E-state index in [1.165, 1.54) is 5.71 Å². The molecule has 70 valence electrons. The van der Waals surface area contributed by atoms with Crippen molar-refractivity contribution in [1.29, 1.82) is 0 Å². The molecule has 0 saturated carbocycles. The van der Waals surface area contributed by atoms with Gasteiger partial charge in [-0.05, 0) is 25.7 Å². The second-order valence-electron chi connectivity index (χ2n) is 3.77. The van der Waals surface area contributed by atoms with Crippen LogP contribution in [0.4, 0.5) is 0 Å². The summed E-state index contributed by atoms with van der Waals surface area (Å²) in [6.07, 6.45) is 2.20. The molecule has 2 heteroatoms. The maximum atomic E-state index is 5.27. The van der Waals surface area contributed by atoms with E-state index in [9.17, 15) is 0 Å². The van der Waals surface area contributed by atoms with Crippen LogP contribution in [0, 0.1) is 5.92 Å². The summed E-state index contributed by atoms with van der Waals surface area (Å²) in [4.78, 5) is 4.67. The predicted molar refractivity (Wildman–Crippen MR) is 51.8 cm³/mol. The average molecular weight is 169 g/mol. The summed E-state index contributed by atoms with van der Waals surface area (Å²) in [5.41, 5.74) is 1.28. The summed E-state index contributed by atoms with van der Waals surface area (Å²) in [6, 6.07) is 0.529. The Kier molecular flexibility index (Phi) is 3.73. The van der Waals surface area contributed by atoms with Gasteiger partial charge in [0.15, 0.2) is 0 Å². The van der Waals surface area contributed by atoms with Gasteiger partial charge in [-0.25, -0.2) is 0 Å². The predicted octanol–water partition coefficient (Wildman–Crippen LogP) is 2.28. The second kappa shape index (κ2) is 4.61. The van der Waals surface area contributed by atoms with E-state index in [1.54, 1.807) is 0 Å². The lowest BCUT2D eigenvalue weighted by molar-refractivity contribution is 0.0870. The minimum absolute atomic E-state index is 0.529. The van der Waals surface area contributed by atoms with E-state index in [0.29, 0.717) is 12.0 Å². The van der Waals surface area contributed by atoms with Crippen LogP contribution in [-0.4, -0.2) is 25.0 Å². The van der Waals surface area contributed by atoms with Crippen molar-refractivity contribution in [1.82, 2.24) is 0 Å². The SMILES string of the molecule is CC(=NC1CCOCC1)C(C)C. The van der Waals surface area contributed by atoms with E-state index in [0.717, 1.165) is 26.1 Å². The molecule has 1 fully saturated rings. The molecule has 0 radical (unpaired) electrons. The van der Waals surface area contributed by atoms with Crippen LogP contribution in [0.15, 0.2) is 4.99 Å². The first-order valence-corrected chi connectivity index (χ1v) is 4.82. The zero-order valence-electron chi connectivity index (χ0n) is 8.34. The smallest absolute Gasteiger partial charge is 0.0542 e. The first-order valence-electron chi connectivity index (χ1n) is 4.82. The lowest BCUT2D eigenvalue weighted by atomic mass is 10.1. The molecular weight excluding hydrogens is 150 g/mol. The van der Waals surface area contributed by atoms with E-state index in [2.05, 4.69) is 25.8 Å². The zero-order chi connectivity index (χ0) is 8.97. The van der Waals surface area contributed by atoms with E-state index < -0.39 is 0 Å². The molecule has 0 N–H and O–H groups in total. The highest BCUT2D eigenvalue weighted by atomic mass is 16.5. The van der Waals surface area contributed by atoms with Gasteiger partial charge in [-0.3, -0.25) is 4.99 Å². The fourth-order valence-corrected chi connectivity index (χ4v) is 1.25. The standard InChI is InChI=1S/C10H19NO/c1-8(2)9(3)11-10-4-6-12-7-5-10/h8,10H,4-7H2,1-3H3. The van der Waals surface area contributed by atoms with Crippen molar-refractivity contribution in [2.45, 2.75) is 39.7 Å². The van der Waals surface area contributed by atoms with Gasteiger partial charge in [-0.2, -0.15) is 0 Å². The Hall–Kier alpha value is -0.370. The molecule has 1 heterocycles. The Morgan fingerprint density at radius 1 is 1.33 bits per heavy atom. The van der Waals surface area contributed by atoms with Gasteiger partial charge in [0.1, 0.15) is 0 Å². The molecule has 0 aliphatic carbocycles. The summed E-state index contributed by atoms with van der Waals surface area (Å²) in [7, 11) is 0. The molecule has 0 atom stereocenters. The van der Waals surface area contributed by atoms with Crippen LogP contribution in [-0.2, 0) is 4.74 Å². The Morgan fingerprint density at radius 3 is 2.42 bits per heavy atom. The Bertz CT molecular complexity index is 157. The summed E-state index contributed by atoms with van der Waals surface area (Å²) in [6.45, 7) is 8.29. The first-order chi connectivity index (χ1) is 5.70. The first kappa shape index (κ1) is 9.72. The van der Waals surface area contributed by atoms with Gasteiger partial charge in [0.25, 0.3) is 0 Å². The quantitative estimate of drug-likeness (QED) is 0.581. The number of rotatable bonds is 2. The van der Waals surface area contributed by atoms with Crippen LogP contribution in [0.25, 0.3) is 0 Å². The van der Waals surface area contributed by atoms with Gasteiger partial charge in [-0.1, -0.05) is 13.8 Å². The van der Waals surface area contributed by atoms with Crippen LogP contribution < -0.4 is 0 Å². The van der Waals surface area contributed by atoms with Crippen molar-refractivity contribution >= 4 is 5.71 Å². The average Bonchev–Trinajstić information content (AvgIpc) is 2.06. The van der Waals surface area contributed by atoms with Crippen molar-refractivity contribution in [3.63, 3.8) is 0 Å². The molecule has 1 aliphatic rings. The van der Waals surface area contributed by atoms with Gasteiger partial charge in [-0.15, -0.1) is 0 Å². The Balaban J connectivity index is 2.41. The summed E-state index contributed by atoms with van der Waals surface area (Å²) < 4.78 is 5.27. The molecule has 2 nitrogen and oxygen atoms in total. The minimum Gasteiger partial charge on any atom is -0.381 e. The molecule has 1 rings (SSSR count). The van der Waals surface area contributed by atoms with Crippen LogP contribution >= 0.6 is 0 Å². The molecule has 12 heavy (non-hydrogen) atoms. The number of aliphatic imine (C=N–C) groups is 1. The van der Waals surface area contributed by atoms with Crippen LogP contribution in [0.1, 0.15) is 33.6 Å². The normalized spacial score (nSPS) is 21.8. The Labute approximate surface area is 75.0 Å². The van der Waals surface area contributed by atoms with Crippen molar-refractivity contribution in [3.05, 3.63) is 0 Å². The molecule has 1 aliphatic heterocycles. The maximum absolute atomic E-state index is 5.27. The molecule has 0 unspecified atom stereocenters. The largest absolute Gasteiger partial charge is 0.381 e. The molecule has 0 aromatic rings. The van der Waals surface area contributed by atoms with Gasteiger partial charge >= 0.3 is 0 Å². The third-order valence-electron chi connectivity index (χ3n) is 2.41. The van der Waals surface area contributed by atoms with Crippen molar-refractivity contribution < 1.29 is 4.74 Å². The zero-order valence-corrected chi connectivity index (χ0v) is 8.34. The number of ether oxygens (including phenoxy) is 1. The Morgan fingerprint density at radius 2 is 1.92 bits per heavy atom. The van der Waals surface area contributed by atoms with Gasteiger partial charge in [0.2, 0.25) is 0 Å². The van der Waals surface area contributed by atoms with Gasteiger partial charge in [0.05, 0.1) is 6.04 Å². The number of nitrogens with zero attached hydrogens (tertiary/aromatic N) is 1. The fraction of sp³-hybridized carbons (Fsp3) is 0.900. The molecule has 0 bridgehead atoms. The van der Waals surface area contributed by atoms with E-state index in [4.69, 9.17) is 4.74 Å². The highest BCUT2D eigenvalue weighted by molar-refractivity contribution is 5.83. The second-order valence-corrected chi connectivity index (χ2v) is 3.77. The van der Waals surface area contributed by atoms with Crippen molar-refractivity contribution in [3.8, 4) is 0 Å². The number of hydrogen-bond donors (Lipinski definition) is 0. The van der Waals surface area contributed by atoms with Crippen LogP contribution in [0.2, 0.25) is 0 Å². The monoisotopic (exact) mass is 169 g/mol. The molecular formula is C10H19NO. The lowest BCUT2D eigenvalue weighted by Gasteiger charge is -2.19. The lowest BCUT2D eigenvalue weighted by Crippen LogP contribution is -2.20. The molecule has 0 aromatic heterocycles. The fourth-order valence-electron chi connectivity index (χ4n) is 1.25. The third-order valence-corrected chi connectivity index (χ3v) is 2.41. The highest BCUT2D eigenvalue weighted by Crippen LogP contribution is 2.12. The maximum Gasteiger partial charge on any atom is 0.0542 e. The van der Waals surface area contributed by atoms with E-state index in [-0.39, 0.29) is 0 Å². The van der Waals surface area contributed by atoms with Crippen molar-refractivity contribution in [2.24, 2.45) is 10.9 Å². The molecule has 0 aromatic carbocycles. The van der Waals surface area contributed by atoms with Gasteiger partial charge < -0.3 is 4.74 Å². The molecule has 1 saturated heterocycles. The molecule has 0 amide bonds. The summed E-state index contributed by atoms with van der Waals surface area (Å²) >= 11 is 0. The van der Waals surface area contributed by atoms with E-state index >= 15 is 0 Å². The van der Waals surface area contributed by atoms with Crippen molar-refractivity contribution in [2.75, 3.05) is 13.2 Å². The van der Waals surface area contributed by atoms with Gasteiger partial charge in [0, 0.05) is 18.9 Å². The highest BCUT2D eigenvalue weighted by Gasteiger charge is 2.12. The minimum atomic E-state index is 0.529. The number of hydrogen-bond acceptors (Lipinski definition) is 2. The summed E-state index contributed by atoms with van der Waals surface area (Å²) in [5.74, 6) is 0.591. The third kappa shape index (κ3) is 2.94. The van der Waals surface area contributed by atoms with Crippen LogP contribution in [0.3, 0.4) is 0 Å². The van der Waals surface area contributed by atoms with Crippen LogP contribution in [0.5, 0.6) is 0 Å².